The number of ether oxygens (including phenoxy) is 2. The molecule has 8 aromatic rings. The Morgan fingerprint density at radius 2 is 1.02 bits per heavy atom. The molecule has 291 valence electrons. The van der Waals surface area contributed by atoms with Gasteiger partial charge < -0.3 is 19.4 Å². The number of hydrogen-bond acceptors (Lipinski definition) is 4. The van der Waals surface area contributed by atoms with Gasteiger partial charge in [0, 0.05) is 44.0 Å². The van der Waals surface area contributed by atoms with Crippen molar-refractivity contribution in [3.05, 3.63) is 185 Å². The van der Waals surface area contributed by atoms with Gasteiger partial charge in [0.15, 0.2) is 0 Å². The number of benzene rings is 6. The van der Waals surface area contributed by atoms with Gasteiger partial charge in [0.2, 0.25) is 6.71 Å². The summed E-state index contributed by atoms with van der Waals surface area (Å²) in [6.07, 6.45) is 3.90. The second kappa shape index (κ2) is 16.3. The number of hydrogen-bond donors (Lipinski definition) is 0. The quantitative estimate of drug-likeness (QED) is 0.130. The van der Waals surface area contributed by atoms with Crippen molar-refractivity contribution < 1.29 is 29.6 Å². The van der Waals surface area contributed by atoms with Crippen molar-refractivity contribution in [2.75, 3.05) is 0 Å². The molecule has 0 saturated heterocycles. The average molecular weight is 943 g/mol. The summed E-state index contributed by atoms with van der Waals surface area (Å²) in [5, 5.41) is 0. The van der Waals surface area contributed by atoms with Gasteiger partial charge in [-0.1, -0.05) is 114 Å². The molecule has 0 saturated carbocycles. The van der Waals surface area contributed by atoms with Crippen LogP contribution in [0, 0.1) is 60.6 Å². The van der Waals surface area contributed by atoms with E-state index in [2.05, 4.69) is 151 Å². The van der Waals surface area contributed by atoms with Crippen molar-refractivity contribution in [2.45, 2.75) is 48.5 Å². The molecular formula is C53H43BIrN2O2-2. The van der Waals surface area contributed by atoms with Crippen molar-refractivity contribution in [3.8, 4) is 67.8 Å². The fourth-order valence-corrected chi connectivity index (χ4v) is 8.32. The van der Waals surface area contributed by atoms with Gasteiger partial charge in [0.1, 0.15) is 11.5 Å². The summed E-state index contributed by atoms with van der Waals surface area (Å²) < 4.78 is 12.9. The number of fused-ring (bicyclic) bond motifs is 4. The van der Waals surface area contributed by atoms with E-state index < -0.39 is 0 Å². The molecule has 0 fully saturated rings. The summed E-state index contributed by atoms with van der Waals surface area (Å²) in [6.45, 7) is 14.9. The van der Waals surface area contributed by atoms with Gasteiger partial charge in [0.25, 0.3) is 0 Å². The fraction of sp³-hybridized carbons (Fsp3) is 0.132. The maximum Gasteiger partial charge on any atom is 0.239 e. The van der Waals surface area contributed by atoms with Crippen LogP contribution in [-0.2, 0) is 20.1 Å². The van der Waals surface area contributed by atoms with E-state index in [1.54, 1.807) is 0 Å². The van der Waals surface area contributed by atoms with Crippen molar-refractivity contribution in [3.63, 3.8) is 0 Å². The molecule has 59 heavy (non-hydrogen) atoms. The van der Waals surface area contributed by atoms with Crippen molar-refractivity contribution in [1.29, 1.82) is 0 Å². The third kappa shape index (κ3) is 7.55. The standard InChI is InChI=1S/C32H23BNO2.C21H20N.Ir/c1-19-12-13-22(20(2)16-19)24-17-27(34-18-21(24)3)23-14-15-30-31-32(23)36-29-11-7-5-9-26(29)33(31)25-8-4-6-10-28(25)35-30;1-14-5-8-18(9-6-14)21-12-20(17(4)13-22-21)19-10-7-15(2)11-16(19)3;/h4-13,15-18H,1-3H3;5-8,10-13H,1-4H3;/q2*-1;. The topological polar surface area (TPSA) is 44.2 Å². The summed E-state index contributed by atoms with van der Waals surface area (Å²) in [5.74, 6) is 3.30. The molecule has 4 nitrogen and oxygen atoms in total. The molecule has 2 aromatic heterocycles. The Bertz CT molecular complexity index is 2870. The Kier molecular flexibility index (Phi) is 11.0. The van der Waals surface area contributed by atoms with E-state index >= 15 is 0 Å². The first kappa shape index (κ1) is 39.7. The number of pyridine rings is 2. The summed E-state index contributed by atoms with van der Waals surface area (Å²) in [6, 6.07) is 49.0. The van der Waals surface area contributed by atoms with Gasteiger partial charge in [-0.25, -0.2) is 0 Å². The normalized spacial score (nSPS) is 11.7. The zero-order chi connectivity index (χ0) is 40.1. The molecule has 0 atom stereocenters. The molecule has 6 aromatic carbocycles. The number of aromatic nitrogens is 2. The minimum absolute atomic E-state index is 0. The van der Waals surface area contributed by atoms with Crippen LogP contribution in [0.1, 0.15) is 38.9 Å². The second-order valence-electron chi connectivity index (χ2n) is 15.7. The van der Waals surface area contributed by atoms with Crippen LogP contribution in [0.25, 0.3) is 44.8 Å². The summed E-state index contributed by atoms with van der Waals surface area (Å²) in [4.78, 5) is 9.42. The first-order valence-electron chi connectivity index (χ1n) is 19.8. The molecule has 2 aliphatic rings. The fourth-order valence-electron chi connectivity index (χ4n) is 8.32. The Morgan fingerprint density at radius 3 is 1.59 bits per heavy atom. The minimum Gasteiger partial charge on any atom is -0.503 e. The number of nitrogens with zero attached hydrogens (tertiary/aromatic N) is 2. The molecule has 1 radical (unpaired) electrons. The van der Waals surface area contributed by atoms with Gasteiger partial charge in [-0.2, -0.15) is 0 Å². The van der Waals surface area contributed by atoms with Crippen molar-refractivity contribution >= 4 is 23.1 Å². The smallest absolute Gasteiger partial charge is 0.239 e. The number of aryl methyl sites for hydroxylation is 7. The van der Waals surface area contributed by atoms with Crippen LogP contribution in [0.3, 0.4) is 0 Å². The minimum atomic E-state index is 0. The van der Waals surface area contributed by atoms with Crippen LogP contribution in [0.4, 0.5) is 0 Å². The summed E-state index contributed by atoms with van der Waals surface area (Å²) in [5.41, 5.74) is 20.6. The maximum atomic E-state index is 6.59. The van der Waals surface area contributed by atoms with E-state index in [-0.39, 0.29) is 26.8 Å². The molecule has 0 spiro atoms. The van der Waals surface area contributed by atoms with Gasteiger partial charge in [0.05, 0.1) is 0 Å². The van der Waals surface area contributed by atoms with Crippen LogP contribution < -0.4 is 25.9 Å². The SMILES string of the molecule is Cc1c[c-]c(-c2cc(-c3ccc(C)cc3C)c(C)cn2)cc1.Cc1ccc(-c2cc(-c3[c-]cc4c5c3Oc3ccccc3B5c3ccccc3O4)ncc2C)c(C)c1.[Ir]. The summed E-state index contributed by atoms with van der Waals surface area (Å²) in [7, 11) is 0. The van der Waals surface area contributed by atoms with E-state index in [0.29, 0.717) is 0 Å². The Morgan fingerprint density at radius 1 is 0.475 bits per heavy atom. The zero-order valence-electron chi connectivity index (χ0n) is 34.3. The second-order valence-corrected chi connectivity index (χ2v) is 15.7. The molecule has 4 heterocycles. The predicted octanol–water partition coefficient (Wildman–Crippen LogP) is 11.3. The molecule has 0 N–H and O–H groups in total. The van der Waals surface area contributed by atoms with E-state index in [9.17, 15) is 0 Å². The average Bonchev–Trinajstić information content (AvgIpc) is 3.22. The Hall–Kier alpha value is -6.07. The van der Waals surface area contributed by atoms with Crippen LogP contribution in [-0.4, -0.2) is 16.7 Å². The van der Waals surface area contributed by atoms with E-state index in [1.807, 2.05) is 48.8 Å². The van der Waals surface area contributed by atoms with Crippen molar-refractivity contribution in [2.24, 2.45) is 0 Å². The predicted molar refractivity (Wildman–Crippen MR) is 239 cm³/mol. The van der Waals surface area contributed by atoms with Crippen LogP contribution in [0.15, 0.2) is 134 Å². The Balaban J connectivity index is 0.000000181. The van der Waals surface area contributed by atoms with Crippen molar-refractivity contribution in [1.82, 2.24) is 9.97 Å². The van der Waals surface area contributed by atoms with E-state index in [4.69, 9.17) is 14.5 Å². The first-order valence-corrected chi connectivity index (χ1v) is 19.8. The van der Waals surface area contributed by atoms with Gasteiger partial charge in [-0.3, -0.25) is 0 Å². The zero-order valence-corrected chi connectivity index (χ0v) is 36.7. The van der Waals surface area contributed by atoms with Gasteiger partial charge >= 0.3 is 0 Å². The molecule has 0 aliphatic carbocycles. The van der Waals surface area contributed by atoms with Gasteiger partial charge in [-0.05, 0) is 120 Å². The molecular weight excluding hydrogens is 900 g/mol. The molecule has 6 heteroatoms. The number of para-hydroxylation sites is 2. The summed E-state index contributed by atoms with van der Waals surface area (Å²) >= 11 is 0. The molecule has 2 aliphatic heterocycles. The molecule has 0 amide bonds. The third-order valence-electron chi connectivity index (χ3n) is 11.3. The van der Waals surface area contributed by atoms with E-state index in [1.165, 1.54) is 55.6 Å². The van der Waals surface area contributed by atoms with Crippen LogP contribution >= 0.6 is 0 Å². The molecule has 0 unspecified atom stereocenters. The Labute approximate surface area is 361 Å². The molecule has 10 rings (SSSR count). The van der Waals surface area contributed by atoms with Crippen LogP contribution in [0.2, 0.25) is 0 Å². The first-order chi connectivity index (χ1) is 28.1. The van der Waals surface area contributed by atoms with Gasteiger partial charge in [-0.15, -0.1) is 47.5 Å². The molecule has 0 bridgehead atoms. The largest absolute Gasteiger partial charge is 0.503 e. The third-order valence-corrected chi connectivity index (χ3v) is 11.3. The monoisotopic (exact) mass is 943 g/mol. The number of rotatable bonds is 4. The van der Waals surface area contributed by atoms with Crippen LogP contribution in [0.5, 0.6) is 23.0 Å². The maximum absolute atomic E-state index is 6.59. The van der Waals surface area contributed by atoms with E-state index in [0.717, 1.165) is 67.5 Å².